The lowest BCUT2D eigenvalue weighted by Gasteiger charge is -1.99. The first kappa shape index (κ1) is 13.5. The van der Waals surface area contributed by atoms with E-state index in [9.17, 15) is 9.18 Å². The van der Waals surface area contributed by atoms with Gasteiger partial charge in [-0.25, -0.2) is 9.37 Å². The summed E-state index contributed by atoms with van der Waals surface area (Å²) in [6, 6.07) is 9.13. The van der Waals surface area contributed by atoms with Crippen LogP contribution in [0.25, 0.3) is 11.3 Å². The minimum absolute atomic E-state index is 0.183. The molecular weight excluding hydrogens is 291 g/mol. The minimum Gasteiger partial charge on any atom is -0.451 e. The lowest BCUT2D eigenvalue weighted by Crippen LogP contribution is -2.10. The summed E-state index contributed by atoms with van der Waals surface area (Å²) in [6.07, 6.45) is 0. The Kier molecular flexibility index (Phi) is 3.53. The fourth-order valence-electron chi connectivity index (χ4n) is 1.80. The number of aromatic nitrogens is 1. The number of halogens is 1. The molecule has 3 aromatic rings. The van der Waals surface area contributed by atoms with Crippen molar-refractivity contribution in [3.05, 3.63) is 59.0 Å². The summed E-state index contributed by atoms with van der Waals surface area (Å²) in [7, 11) is 0. The highest BCUT2D eigenvalue weighted by Gasteiger charge is 2.13. The van der Waals surface area contributed by atoms with Gasteiger partial charge in [-0.3, -0.25) is 10.1 Å². The molecule has 106 valence electrons. The van der Waals surface area contributed by atoms with Crippen molar-refractivity contribution in [2.24, 2.45) is 0 Å². The van der Waals surface area contributed by atoms with E-state index in [2.05, 4.69) is 10.3 Å². The van der Waals surface area contributed by atoms with Crippen molar-refractivity contribution >= 4 is 22.4 Å². The third-order valence-corrected chi connectivity index (χ3v) is 3.67. The Morgan fingerprint density at radius 2 is 2.00 bits per heavy atom. The highest BCUT2D eigenvalue weighted by molar-refractivity contribution is 7.13. The van der Waals surface area contributed by atoms with Crippen LogP contribution in [0.15, 0.2) is 46.2 Å². The van der Waals surface area contributed by atoms with Crippen LogP contribution in [-0.2, 0) is 0 Å². The van der Waals surface area contributed by atoms with Gasteiger partial charge in [0.25, 0.3) is 5.91 Å². The highest BCUT2D eigenvalue weighted by atomic mass is 32.1. The number of furan rings is 1. The number of hydrogen-bond acceptors (Lipinski definition) is 4. The number of carbonyl (C=O) groups is 1. The van der Waals surface area contributed by atoms with Crippen LogP contribution in [0.5, 0.6) is 0 Å². The molecule has 0 aliphatic carbocycles. The van der Waals surface area contributed by atoms with Gasteiger partial charge in [0, 0.05) is 10.9 Å². The molecular formula is C15H11FN2O2S. The van der Waals surface area contributed by atoms with E-state index < -0.39 is 0 Å². The molecule has 3 rings (SSSR count). The van der Waals surface area contributed by atoms with Crippen LogP contribution in [0.2, 0.25) is 0 Å². The summed E-state index contributed by atoms with van der Waals surface area (Å²) in [6.45, 7) is 1.85. The van der Waals surface area contributed by atoms with Gasteiger partial charge in [-0.2, -0.15) is 0 Å². The molecule has 0 unspecified atom stereocenters. The maximum Gasteiger partial charge on any atom is 0.293 e. The quantitative estimate of drug-likeness (QED) is 0.792. The van der Waals surface area contributed by atoms with Gasteiger partial charge in [0.2, 0.25) is 0 Å². The van der Waals surface area contributed by atoms with Gasteiger partial charge >= 0.3 is 0 Å². The van der Waals surface area contributed by atoms with E-state index in [1.807, 2.05) is 12.3 Å². The number of carbonyl (C=O) groups excluding carboxylic acids is 1. The standard InChI is InChI=1S/C15H11FN2O2S/c1-9-8-21-15(17-9)18-14(19)13-7-6-12(20-13)10-2-4-11(16)5-3-10/h2-8H,1H3,(H,17,18,19). The summed E-state index contributed by atoms with van der Waals surface area (Å²) in [5.41, 5.74) is 1.56. The Morgan fingerprint density at radius 3 is 2.67 bits per heavy atom. The van der Waals surface area contributed by atoms with Crippen LogP contribution in [-0.4, -0.2) is 10.9 Å². The van der Waals surface area contributed by atoms with Crippen molar-refractivity contribution in [1.29, 1.82) is 0 Å². The fourth-order valence-corrected chi connectivity index (χ4v) is 2.48. The fraction of sp³-hybridized carbons (Fsp3) is 0.0667. The second kappa shape index (κ2) is 5.49. The van der Waals surface area contributed by atoms with Gasteiger partial charge < -0.3 is 4.42 Å². The Bertz CT molecular complexity index is 777. The number of rotatable bonds is 3. The second-order valence-electron chi connectivity index (χ2n) is 4.42. The smallest absolute Gasteiger partial charge is 0.293 e. The number of nitrogens with one attached hydrogen (secondary N) is 1. The largest absolute Gasteiger partial charge is 0.451 e. The zero-order chi connectivity index (χ0) is 14.8. The van der Waals surface area contributed by atoms with Crippen molar-refractivity contribution in [3.63, 3.8) is 0 Å². The first-order valence-electron chi connectivity index (χ1n) is 6.21. The van der Waals surface area contributed by atoms with Crippen LogP contribution in [0.3, 0.4) is 0 Å². The minimum atomic E-state index is -0.363. The third kappa shape index (κ3) is 3.00. The Hall–Kier alpha value is -2.47. The predicted molar refractivity (Wildman–Crippen MR) is 78.9 cm³/mol. The zero-order valence-electron chi connectivity index (χ0n) is 11.1. The molecule has 2 heterocycles. The monoisotopic (exact) mass is 302 g/mol. The molecule has 0 saturated carbocycles. The van der Waals surface area contributed by atoms with Crippen molar-refractivity contribution < 1.29 is 13.6 Å². The van der Waals surface area contributed by atoms with Crippen LogP contribution < -0.4 is 5.32 Å². The molecule has 0 radical (unpaired) electrons. The molecule has 2 aromatic heterocycles. The molecule has 1 amide bonds. The van der Waals surface area contributed by atoms with Gasteiger partial charge in [0.1, 0.15) is 11.6 Å². The lowest BCUT2D eigenvalue weighted by molar-refractivity contribution is 0.0997. The number of amides is 1. The molecule has 0 saturated heterocycles. The van der Waals surface area contributed by atoms with E-state index in [-0.39, 0.29) is 17.5 Å². The molecule has 0 aliphatic heterocycles. The Balaban J connectivity index is 1.78. The zero-order valence-corrected chi connectivity index (χ0v) is 11.9. The maximum absolute atomic E-state index is 12.9. The predicted octanol–water partition coefficient (Wildman–Crippen LogP) is 4.10. The van der Waals surface area contributed by atoms with Gasteiger partial charge in [-0.15, -0.1) is 11.3 Å². The van der Waals surface area contributed by atoms with E-state index >= 15 is 0 Å². The van der Waals surface area contributed by atoms with Crippen LogP contribution in [0, 0.1) is 12.7 Å². The number of aryl methyl sites for hydroxylation is 1. The average molecular weight is 302 g/mol. The molecule has 0 aliphatic rings. The summed E-state index contributed by atoms with van der Waals surface area (Å²) in [5.74, 6) is 0.0118. The number of hydrogen-bond donors (Lipinski definition) is 1. The average Bonchev–Trinajstić information content (AvgIpc) is 3.09. The molecule has 21 heavy (non-hydrogen) atoms. The normalized spacial score (nSPS) is 10.6. The molecule has 0 atom stereocenters. The lowest BCUT2D eigenvalue weighted by atomic mass is 10.2. The van der Waals surface area contributed by atoms with E-state index in [0.29, 0.717) is 16.5 Å². The highest BCUT2D eigenvalue weighted by Crippen LogP contribution is 2.23. The molecule has 0 spiro atoms. The first-order chi connectivity index (χ1) is 10.1. The summed E-state index contributed by atoms with van der Waals surface area (Å²) in [4.78, 5) is 16.2. The second-order valence-corrected chi connectivity index (χ2v) is 5.28. The van der Waals surface area contributed by atoms with E-state index in [1.165, 1.54) is 23.5 Å². The number of benzene rings is 1. The summed E-state index contributed by atoms with van der Waals surface area (Å²) < 4.78 is 18.4. The van der Waals surface area contributed by atoms with Crippen LogP contribution in [0.1, 0.15) is 16.2 Å². The topological polar surface area (TPSA) is 55.1 Å². The number of nitrogens with zero attached hydrogens (tertiary/aromatic N) is 1. The summed E-state index contributed by atoms with van der Waals surface area (Å²) in [5, 5.41) is 5.04. The van der Waals surface area contributed by atoms with Gasteiger partial charge in [0.05, 0.1) is 5.69 Å². The third-order valence-electron chi connectivity index (χ3n) is 2.80. The molecule has 1 aromatic carbocycles. The SMILES string of the molecule is Cc1csc(NC(=O)c2ccc(-c3ccc(F)cc3)o2)n1. The van der Waals surface area contributed by atoms with Crippen molar-refractivity contribution in [2.75, 3.05) is 5.32 Å². The van der Waals surface area contributed by atoms with E-state index in [4.69, 9.17) is 4.42 Å². The van der Waals surface area contributed by atoms with Crippen molar-refractivity contribution in [3.8, 4) is 11.3 Å². The summed E-state index contributed by atoms with van der Waals surface area (Å²) >= 11 is 1.35. The molecule has 0 fully saturated rings. The molecule has 6 heteroatoms. The van der Waals surface area contributed by atoms with E-state index in [1.54, 1.807) is 24.3 Å². The van der Waals surface area contributed by atoms with Crippen molar-refractivity contribution in [1.82, 2.24) is 4.98 Å². The first-order valence-corrected chi connectivity index (χ1v) is 7.09. The maximum atomic E-state index is 12.9. The molecule has 4 nitrogen and oxygen atoms in total. The molecule has 1 N–H and O–H groups in total. The van der Waals surface area contributed by atoms with Gasteiger partial charge in [-0.1, -0.05) is 0 Å². The van der Waals surface area contributed by atoms with Crippen molar-refractivity contribution in [2.45, 2.75) is 6.92 Å². The van der Waals surface area contributed by atoms with E-state index in [0.717, 1.165) is 5.69 Å². The Labute approximate surface area is 124 Å². The Morgan fingerprint density at radius 1 is 1.24 bits per heavy atom. The molecule has 0 bridgehead atoms. The van der Waals surface area contributed by atoms with Crippen LogP contribution >= 0.6 is 11.3 Å². The van der Waals surface area contributed by atoms with Gasteiger partial charge in [-0.05, 0) is 43.3 Å². The van der Waals surface area contributed by atoms with Gasteiger partial charge in [0.15, 0.2) is 10.9 Å². The number of thiazole rings is 1. The van der Waals surface area contributed by atoms with Crippen LogP contribution in [0.4, 0.5) is 9.52 Å². The number of anilines is 1.